The smallest absolute Gasteiger partial charge is 0.327 e. The average Bonchev–Trinajstić information content (AvgIpc) is 3.25. The maximum Gasteiger partial charge on any atom is 0.327 e. The number of carboxylic acid groups (broad SMARTS) is 4. The molecule has 0 aliphatic rings. The number of aliphatic carboxylic acids is 4. The molecule has 0 radical (unpaired) electrons. The van der Waals surface area contributed by atoms with Crippen molar-refractivity contribution in [1.82, 2.24) is 37.2 Å². The van der Waals surface area contributed by atoms with Crippen LogP contribution in [-0.4, -0.2) is 153 Å². The fourth-order valence-electron chi connectivity index (χ4n) is 5.72. The van der Waals surface area contributed by atoms with E-state index in [1.165, 1.54) is 7.05 Å². The molecule has 0 bridgehead atoms. The van der Waals surface area contributed by atoms with Crippen molar-refractivity contribution < 1.29 is 73.2 Å². The first-order valence-corrected chi connectivity index (χ1v) is 21.6. The molecule has 25 nitrogen and oxygen atoms in total. The number of benzene rings is 1. The van der Waals surface area contributed by atoms with Gasteiger partial charge in [0.2, 0.25) is 29.5 Å². The van der Waals surface area contributed by atoms with Crippen molar-refractivity contribution >= 4 is 95.0 Å². The molecule has 0 saturated heterocycles. The van der Waals surface area contributed by atoms with Gasteiger partial charge in [0.25, 0.3) is 11.8 Å². The number of hydrogen-bond donors (Lipinski definition) is 13. The summed E-state index contributed by atoms with van der Waals surface area (Å²) in [5.74, 6) is -13.3. The average molecular weight is 977 g/mol. The minimum Gasteiger partial charge on any atom is -0.481 e. The largest absolute Gasteiger partial charge is 0.481 e. The molecule has 6 atom stereocenters. The maximum atomic E-state index is 13.7. The van der Waals surface area contributed by atoms with Gasteiger partial charge in [0, 0.05) is 55.0 Å². The lowest BCUT2D eigenvalue weighted by Crippen LogP contribution is -2.59. The van der Waals surface area contributed by atoms with Gasteiger partial charge in [-0.3, -0.25) is 57.9 Å². The fourth-order valence-corrected chi connectivity index (χ4v) is 5.97. The van der Waals surface area contributed by atoms with Crippen molar-refractivity contribution in [2.45, 2.75) is 116 Å². The van der Waals surface area contributed by atoms with Crippen LogP contribution in [-0.2, 0) is 47.9 Å². The molecule has 26 heteroatoms. The summed E-state index contributed by atoms with van der Waals surface area (Å²) < 4.78 is 0. The number of aliphatic imine (C=N–C) groups is 2. The summed E-state index contributed by atoms with van der Waals surface area (Å²) in [5.41, 5.74) is 2.36. The number of carboxylic acids is 4. The first-order valence-electron chi connectivity index (χ1n) is 21.0. The van der Waals surface area contributed by atoms with Crippen LogP contribution < -0.4 is 42.5 Å². The molecule has 0 aliphatic carbocycles. The highest BCUT2D eigenvalue weighted by atomic mass is 32.1. The van der Waals surface area contributed by atoms with Crippen LogP contribution in [0.3, 0.4) is 0 Å². The minimum atomic E-state index is -2.00. The number of nitrogens with one attached hydrogen (secondary N) is 8. The zero-order valence-corrected chi connectivity index (χ0v) is 39.2. The van der Waals surface area contributed by atoms with Crippen LogP contribution in [0.15, 0.2) is 46.1 Å². The van der Waals surface area contributed by atoms with E-state index in [4.69, 9.17) is 0 Å². The number of carbonyl (C=O) groups excluding carboxylic acids is 7. The van der Waals surface area contributed by atoms with Crippen LogP contribution in [0.1, 0.15) is 89.9 Å². The molecular weight excluding hydrogens is 917 g/mol. The maximum absolute atomic E-state index is 13.7. The van der Waals surface area contributed by atoms with E-state index in [2.05, 4.69) is 54.5 Å². The molecule has 0 fully saturated rings. The number of anilines is 1. The Morgan fingerprint density at radius 1 is 0.647 bits per heavy atom. The third kappa shape index (κ3) is 23.2. The summed E-state index contributed by atoms with van der Waals surface area (Å²) in [6.07, 6.45) is -1.93. The Hall–Kier alpha value is -7.38. The highest BCUT2D eigenvalue weighted by Crippen LogP contribution is 2.12. The first kappa shape index (κ1) is 58.6. The number of amides is 7. The van der Waals surface area contributed by atoms with E-state index in [9.17, 15) is 73.2 Å². The minimum absolute atomic E-state index is 0.0401. The van der Waals surface area contributed by atoms with Crippen LogP contribution in [0.5, 0.6) is 0 Å². The molecule has 1 aromatic carbocycles. The van der Waals surface area contributed by atoms with Crippen molar-refractivity contribution in [2.75, 3.05) is 24.7 Å². The quantitative estimate of drug-likeness (QED) is 0.0255. The Bertz CT molecular complexity index is 2110. The van der Waals surface area contributed by atoms with Gasteiger partial charge >= 0.3 is 23.9 Å². The molecule has 7 amide bonds. The monoisotopic (exact) mass is 976 g/mol. The molecule has 68 heavy (non-hydrogen) atoms. The van der Waals surface area contributed by atoms with Crippen molar-refractivity contribution in [1.29, 1.82) is 0 Å². The number of allylic oxidation sites excluding steroid dienone is 1. The molecule has 12 N–H and O–H groups in total. The molecule has 1 aromatic rings. The topological polar surface area (TPSA) is 390 Å². The van der Waals surface area contributed by atoms with Gasteiger partial charge in [-0.05, 0) is 78.1 Å². The summed E-state index contributed by atoms with van der Waals surface area (Å²) >= 11 is 3.81. The van der Waals surface area contributed by atoms with Crippen LogP contribution in [0.2, 0.25) is 0 Å². The zero-order valence-electron chi connectivity index (χ0n) is 38.3. The van der Waals surface area contributed by atoms with Gasteiger partial charge in [-0.15, -0.1) is 0 Å². The molecule has 1 rings (SSSR count). The van der Waals surface area contributed by atoms with Gasteiger partial charge in [0.05, 0.1) is 25.0 Å². The summed E-state index contributed by atoms with van der Waals surface area (Å²) in [6, 6.07) is -3.14. The number of thiol groups is 1. The molecule has 6 unspecified atom stereocenters. The molecule has 0 heterocycles. The SMILES string of the molecule is CNC(=O)C(C)=N/C(C)=C/Nc1ccc(C(=O)NC(C)CCC(=O)NC(CC(=O)O)C(=O)NC(CCCN=C(C)C)C(=O)NC(CC(=O)O)C(=O)NC(CC(=O)O)C(=O)NC(CS)C(=O)O)cc1. The summed E-state index contributed by atoms with van der Waals surface area (Å²) in [6.45, 7) is 8.40. The number of nitrogens with zero attached hydrogens (tertiary/aromatic N) is 2. The van der Waals surface area contributed by atoms with E-state index in [1.807, 2.05) is 10.6 Å². The molecular formula is C42H60N10O15S. The van der Waals surface area contributed by atoms with Gasteiger partial charge in [-0.25, -0.2) is 4.79 Å². The highest BCUT2D eigenvalue weighted by molar-refractivity contribution is 7.80. The molecule has 0 spiro atoms. The van der Waals surface area contributed by atoms with Gasteiger partial charge in [0.1, 0.15) is 35.9 Å². The first-order chi connectivity index (χ1) is 31.9. The van der Waals surface area contributed by atoms with Crippen molar-refractivity contribution in [3.8, 4) is 0 Å². The molecule has 0 saturated carbocycles. The van der Waals surface area contributed by atoms with Crippen LogP contribution in [0.4, 0.5) is 5.69 Å². The summed E-state index contributed by atoms with van der Waals surface area (Å²) in [5, 5.41) is 56.8. The predicted molar refractivity (Wildman–Crippen MR) is 248 cm³/mol. The lowest BCUT2D eigenvalue weighted by molar-refractivity contribution is -0.144. The molecule has 374 valence electrons. The Morgan fingerprint density at radius 3 is 1.57 bits per heavy atom. The van der Waals surface area contributed by atoms with E-state index < -0.39 is 121 Å². The fraction of sp³-hybridized carbons (Fsp3) is 0.500. The highest BCUT2D eigenvalue weighted by Gasteiger charge is 2.34. The molecule has 0 aromatic heterocycles. The zero-order chi connectivity index (χ0) is 51.7. The van der Waals surface area contributed by atoms with E-state index >= 15 is 0 Å². The number of hydrogen-bond acceptors (Lipinski definition) is 15. The summed E-state index contributed by atoms with van der Waals surface area (Å²) in [4.78, 5) is 146. The standard InChI is InChI=1S/C42H60N10O15S/c1-21(2)44-15-7-8-27(38(62)50-29(17-34(56)57)40(64)51-30(18-35(58)59)41(65)52-31(20-68)42(66)67)49-39(63)28(16-33(54)55)48-32(53)14-9-22(3)47-37(61)25-10-12-26(13-11-25)45-19-23(4)46-24(5)36(60)43-6/h10-13,19,22,27-31,45,68H,7-9,14-18,20H2,1-6H3,(H,43,60)(H,47,61)(H,48,53)(H,49,63)(H,50,62)(H,51,64)(H,52,65)(H,54,55)(H,56,57)(H,58,59)(H,66,67)/b23-19+,46-24?. The van der Waals surface area contributed by atoms with Gasteiger partial charge in [-0.1, -0.05) is 0 Å². The van der Waals surface area contributed by atoms with E-state index in [1.54, 1.807) is 65.1 Å². The third-order valence-electron chi connectivity index (χ3n) is 9.24. The van der Waals surface area contributed by atoms with Crippen molar-refractivity contribution in [2.24, 2.45) is 9.98 Å². The third-order valence-corrected chi connectivity index (χ3v) is 9.60. The second-order valence-corrected chi connectivity index (χ2v) is 15.7. The van der Waals surface area contributed by atoms with Crippen molar-refractivity contribution in [3.63, 3.8) is 0 Å². The van der Waals surface area contributed by atoms with Crippen LogP contribution in [0, 0.1) is 0 Å². The van der Waals surface area contributed by atoms with E-state index in [0.29, 0.717) is 17.1 Å². The Morgan fingerprint density at radius 2 is 1.12 bits per heavy atom. The Labute approximate surface area is 396 Å². The second kappa shape index (κ2) is 30.0. The van der Waals surface area contributed by atoms with E-state index in [0.717, 1.165) is 0 Å². The summed E-state index contributed by atoms with van der Waals surface area (Å²) in [7, 11) is 1.49. The van der Waals surface area contributed by atoms with E-state index in [-0.39, 0.29) is 49.4 Å². The lowest BCUT2D eigenvalue weighted by atomic mass is 10.1. The van der Waals surface area contributed by atoms with Crippen LogP contribution >= 0.6 is 12.6 Å². The molecule has 0 aliphatic heterocycles. The van der Waals surface area contributed by atoms with Gasteiger partial charge in [0.15, 0.2) is 0 Å². The lowest BCUT2D eigenvalue weighted by Gasteiger charge is -2.26. The Balaban J connectivity index is 3.14. The van der Waals surface area contributed by atoms with Gasteiger partial charge in [-0.2, -0.15) is 12.6 Å². The predicted octanol–water partition coefficient (Wildman–Crippen LogP) is -0.811. The number of rotatable bonds is 30. The Kier molecular flexibility index (Phi) is 25.9. The van der Waals surface area contributed by atoms with Crippen molar-refractivity contribution in [3.05, 3.63) is 41.7 Å². The number of carbonyl (C=O) groups is 11. The normalized spacial score (nSPS) is 13.9. The van der Waals surface area contributed by atoms with Gasteiger partial charge < -0.3 is 63.0 Å². The second-order valence-electron chi connectivity index (χ2n) is 15.3. The van der Waals surface area contributed by atoms with Crippen LogP contribution in [0.25, 0.3) is 0 Å².